The molecule has 1 amide bonds. The number of carbonyl (C=O) groups excluding carboxylic acids is 1. The Labute approximate surface area is 152 Å². The van der Waals surface area contributed by atoms with Gasteiger partial charge in [0, 0.05) is 32.7 Å². The van der Waals surface area contributed by atoms with Crippen molar-refractivity contribution in [3.8, 4) is 0 Å². The van der Waals surface area contributed by atoms with Crippen LogP contribution < -0.4 is 16.2 Å². The van der Waals surface area contributed by atoms with Gasteiger partial charge in [-0.1, -0.05) is 12.1 Å². The molecule has 4 rings (SSSR count). The van der Waals surface area contributed by atoms with E-state index in [2.05, 4.69) is 16.2 Å². The highest BCUT2D eigenvalue weighted by molar-refractivity contribution is 5.82. The second kappa shape index (κ2) is 7.98. The number of amides is 1. The number of nitrogens with one attached hydrogen (secondary N) is 3. The van der Waals surface area contributed by atoms with Crippen LogP contribution in [0.1, 0.15) is 24.8 Å². The van der Waals surface area contributed by atoms with Crippen LogP contribution in [-0.2, 0) is 20.9 Å². The molecular formula is C18H25FN4O3. The highest BCUT2D eigenvalue weighted by Crippen LogP contribution is 2.24. The summed E-state index contributed by atoms with van der Waals surface area (Å²) in [7, 11) is 0. The molecule has 7 nitrogen and oxygen atoms in total. The molecule has 0 saturated carbocycles. The second-order valence-electron chi connectivity index (χ2n) is 7.19. The Morgan fingerprint density at radius 3 is 2.92 bits per heavy atom. The molecule has 3 heterocycles. The van der Waals surface area contributed by atoms with E-state index in [1.807, 2.05) is 5.01 Å². The van der Waals surface area contributed by atoms with Gasteiger partial charge in [-0.25, -0.2) is 9.40 Å². The van der Waals surface area contributed by atoms with Gasteiger partial charge in [0.25, 0.3) is 0 Å². The number of nitrogens with zero attached hydrogens (tertiary/aromatic N) is 1. The average molecular weight is 364 g/mol. The summed E-state index contributed by atoms with van der Waals surface area (Å²) in [6.45, 7) is 2.82. The van der Waals surface area contributed by atoms with Crippen LogP contribution in [0.5, 0.6) is 0 Å². The molecule has 3 N–H and O–H groups in total. The summed E-state index contributed by atoms with van der Waals surface area (Å²) in [5.41, 5.74) is 7.15. The maximum Gasteiger partial charge on any atom is 0.239 e. The standard InChI is InChI=1S/C18H25FN4O3/c19-13-5-3-12(4-6-13)10-23-11-14(9-20-23)21-18(24)15-8-17(26-22-15)16-2-1-7-25-16/h3-6,14-17,20,22H,1-2,7-11H2,(H,21,24). The third-order valence-electron chi connectivity index (χ3n) is 5.16. The van der Waals surface area contributed by atoms with E-state index in [0.717, 1.165) is 25.0 Å². The van der Waals surface area contributed by atoms with Gasteiger partial charge in [-0.15, -0.1) is 0 Å². The Kier molecular flexibility index (Phi) is 5.46. The predicted octanol–water partition coefficient (Wildman–Crippen LogP) is 0.472. The number of hydrogen-bond acceptors (Lipinski definition) is 6. The fraction of sp³-hybridized carbons (Fsp3) is 0.611. The molecule has 0 aromatic heterocycles. The van der Waals surface area contributed by atoms with E-state index in [-0.39, 0.29) is 36.0 Å². The molecule has 4 unspecified atom stereocenters. The van der Waals surface area contributed by atoms with Crippen molar-refractivity contribution in [3.63, 3.8) is 0 Å². The largest absolute Gasteiger partial charge is 0.375 e. The fourth-order valence-corrected chi connectivity index (χ4v) is 3.75. The first-order valence-electron chi connectivity index (χ1n) is 9.23. The van der Waals surface area contributed by atoms with Gasteiger partial charge in [-0.05, 0) is 30.5 Å². The van der Waals surface area contributed by atoms with Crippen molar-refractivity contribution < 1.29 is 18.8 Å². The van der Waals surface area contributed by atoms with Crippen molar-refractivity contribution in [1.29, 1.82) is 0 Å². The third kappa shape index (κ3) is 4.21. The summed E-state index contributed by atoms with van der Waals surface area (Å²) >= 11 is 0. The third-order valence-corrected chi connectivity index (χ3v) is 5.16. The lowest BCUT2D eigenvalue weighted by atomic mass is 10.0. The molecule has 142 valence electrons. The average Bonchev–Trinajstić information content (AvgIpc) is 3.38. The van der Waals surface area contributed by atoms with E-state index in [1.165, 1.54) is 12.1 Å². The smallest absolute Gasteiger partial charge is 0.239 e. The molecule has 0 aliphatic carbocycles. The number of halogens is 1. The summed E-state index contributed by atoms with van der Waals surface area (Å²) in [5, 5.41) is 5.10. The van der Waals surface area contributed by atoms with E-state index in [1.54, 1.807) is 12.1 Å². The van der Waals surface area contributed by atoms with Crippen LogP contribution in [0.15, 0.2) is 24.3 Å². The van der Waals surface area contributed by atoms with Crippen LogP contribution in [0.4, 0.5) is 4.39 Å². The Morgan fingerprint density at radius 1 is 1.31 bits per heavy atom. The lowest BCUT2D eigenvalue weighted by Crippen LogP contribution is -2.47. The molecule has 3 aliphatic rings. The van der Waals surface area contributed by atoms with Gasteiger partial charge in [-0.3, -0.25) is 15.1 Å². The van der Waals surface area contributed by atoms with E-state index in [0.29, 0.717) is 26.1 Å². The number of carbonyl (C=O) groups is 1. The van der Waals surface area contributed by atoms with Crippen molar-refractivity contribution in [3.05, 3.63) is 35.6 Å². The number of hydrazine groups is 1. The topological polar surface area (TPSA) is 74.9 Å². The lowest BCUT2D eigenvalue weighted by molar-refractivity contribution is -0.125. The molecule has 0 radical (unpaired) electrons. The van der Waals surface area contributed by atoms with Crippen molar-refractivity contribution >= 4 is 5.91 Å². The molecule has 3 aliphatic heterocycles. The molecule has 1 aromatic carbocycles. The van der Waals surface area contributed by atoms with Crippen molar-refractivity contribution in [2.75, 3.05) is 19.7 Å². The molecule has 1 aromatic rings. The summed E-state index contributed by atoms with van der Waals surface area (Å²) in [5.74, 6) is -0.276. The van der Waals surface area contributed by atoms with Gasteiger partial charge >= 0.3 is 0 Å². The van der Waals surface area contributed by atoms with Crippen molar-refractivity contribution in [2.24, 2.45) is 0 Å². The van der Waals surface area contributed by atoms with E-state index in [4.69, 9.17) is 9.57 Å². The first-order valence-corrected chi connectivity index (χ1v) is 9.23. The first-order chi connectivity index (χ1) is 12.7. The zero-order chi connectivity index (χ0) is 17.9. The van der Waals surface area contributed by atoms with Crippen LogP contribution in [0, 0.1) is 5.82 Å². The van der Waals surface area contributed by atoms with Gasteiger partial charge in [0.2, 0.25) is 5.91 Å². The van der Waals surface area contributed by atoms with Gasteiger partial charge in [0.1, 0.15) is 18.0 Å². The summed E-state index contributed by atoms with van der Waals surface area (Å²) < 4.78 is 18.6. The Hall–Kier alpha value is -1.58. The highest BCUT2D eigenvalue weighted by Gasteiger charge is 2.38. The lowest BCUT2D eigenvalue weighted by Gasteiger charge is -2.17. The molecule has 3 saturated heterocycles. The molecule has 8 heteroatoms. The molecule has 3 fully saturated rings. The second-order valence-corrected chi connectivity index (χ2v) is 7.19. The van der Waals surface area contributed by atoms with E-state index >= 15 is 0 Å². The van der Waals surface area contributed by atoms with Crippen molar-refractivity contribution in [2.45, 2.75) is 50.1 Å². The Morgan fingerprint density at radius 2 is 2.15 bits per heavy atom. The number of hydroxylamine groups is 1. The fourth-order valence-electron chi connectivity index (χ4n) is 3.75. The maximum atomic E-state index is 13.0. The first kappa shape index (κ1) is 17.8. The van der Waals surface area contributed by atoms with Crippen LogP contribution in [-0.4, -0.2) is 54.9 Å². The zero-order valence-electron chi connectivity index (χ0n) is 14.6. The maximum absolute atomic E-state index is 13.0. The van der Waals surface area contributed by atoms with Gasteiger partial charge < -0.3 is 10.1 Å². The van der Waals surface area contributed by atoms with Crippen LogP contribution in [0.25, 0.3) is 0 Å². The molecule has 26 heavy (non-hydrogen) atoms. The summed E-state index contributed by atoms with van der Waals surface area (Å²) in [6, 6.07) is 6.16. The van der Waals surface area contributed by atoms with Crippen molar-refractivity contribution in [1.82, 2.24) is 21.2 Å². The number of hydrogen-bond donors (Lipinski definition) is 3. The monoisotopic (exact) mass is 364 g/mol. The molecule has 0 spiro atoms. The highest BCUT2D eigenvalue weighted by atomic mass is 19.1. The number of benzene rings is 1. The minimum absolute atomic E-state index is 0.0338. The van der Waals surface area contributed by atoms with Crippen LogP contribution in [0.3, 0.4) is 0 Å². The van der Waals surface area contributed by atoms with E-state index in [9.17, 15) is 9.18 Å². The van der Waals surface area contributed by atoms with Gasteiger partial charge in [-0.2, -0.15) is 5.48 Å². The van der Waals surface area contributed by atoms with Gasteiger partial charge in [0.05, 0.1) is 12.1 Å². The molecular weight excluding hydrogens is 339 g/mol. The van der Waals surface area contributed by atoms with Crippen LogP contribution in [0.2, 0.25) is 0 Å². The van der Waals surface area contributed by atoms with E-state index < -0.39 is 0 Å². The van der Waals surface area contributed by atoms with Gasteiger partial charge in [0.15, 0.2) is 0 Å². The summed E-state index contributed by atoms with van der Waals surface area (Å²) in [4.78, 5) is 18.0. The zero-order valence-corrected chi connectivity index (χ0v) is 14.6. The minimum atomic E-state index is -0.338. The normalized spacial score (nSPS) is 32.2. The molecule has 0 bridgehead atoms. The van der Waals surface area contributed by atoms with Crippen LogP contribution >= 0.6 is 0 Å². The summed E-state index contributed by atoms with van der Waals surface area (Å²) in [6.07, 6.45) is 2.73. The predicted molar refractivity (Wildman–Crippen MR) is 92.1 cm³/mol. The Balaban J connectivity index is 1.22. The number of ether oxygens (including phenoxy) is 1. The minimum Gasteiger partial charge on any atom is -0.375 e. The quantitative estimate of drug-likeness (QED) is 0.705. The number of rotatable bonds is 5. The molecule has 4 atom stereocenters. The SMILES string of the molecule is O=C(NC1CNN(Cc2ccc(F)cc2)C1)C1CC(C2CCCO2)ON1. The Bertz CT molecular complexity index is 623.